The monoisotopic (exact) mass is 432 g/mol. The highest BCUT2D eigenvalue weighted by atomic mass is 16.6. The Labute approximate surface area is 191 Å². The summed E-state index contributed by atoms with van der Waals surface area (Å²) in [5.74, 6) is 0.333. The Morgan fingerprint density at radius 2 is 2.09 bits per heavy atom. The molecule has 2 aromatic rings. The summed E-state index contributed by atoms with van der Waals surface area (Å²) in [5, 5.41) is 5.18. The first-order chi connectivity index (χ1) is 15.4. The second-order valence-electron chi connectivity index (χ2n) is 11.2. The van der Waals surface area contributed by atoms with Crippen LogP contribution in [-0.4, -0.2) is 23.6 Å². The van der Waals surface area contributed by atoms with Crippen LogP contribution in [0.1, 0.15) is 81.7 Å². The lowest BCUT2D eigenvalue weighted by atomic mass is 9.59. The van der Waals surface area contributed by atoms with E-state index < -0.39 is 0 Å². The van der Waals surface area contributed by atoms with Gasteiger partial charge in [0.15, 0.2) is 0 Å². The molecule has 6 rings (SSSR count). The molecule has 2 fully saturated rings. The van der Waals surface area contributed by atoms with Gasteiger partial charge in [-0.15, -0.1) is 0 Å². The predicted molar refractivity (Wildman–Crippen MR) is 127 cm³/mol. The van der Waals surface area contributed by atoms with E-state index in [1.165, 1.54) is 53.4 Å². The number of esters is 1. The number of hydrogen-bond donors (Lipinski definition) is 2. The lowest BCUT2D eigenvalue weighted by Crippen LogP contribution is -2.41. The highest BCUT2D eigenvalue weighted by Gasteiger charge is 2.52. The van der Waals surface area contributed by atoms with Crippen LogP contribution in [0.15, 0.2) is 29.3 Å². The van der Waals surface area contributed by atoms with Gasteiger partial charge in [0.2, 0.25) is 0 Å². The molecular formula is C28H36N2O2. The van der Waals surface area contributed by atoms with Gasteiger partial charge in [-0.2, -0.15) is 0 Å². The van der Waals surface area contributed by atoms with E-state index in [2.05, 4.69) is 49.3 Å². The second kappa shape index (κ2) is 7.48. The van der Waals surface area contributed by atoms with Crippen LogP contribution < -0.4 is 5.32 Å². The third-order valence-electron chi connectivity index (χ3n) is 9.13. The number of nitrogens with one attached hydrogen (secondary N) is 2. The summed E-state index contributed by atoms with van der Waals surface area (Å²) >= 11 is 0. The minimum Gasteiger partial charge on any atom is -0.462 e. The van der Waals surface area contributed by atoms with E-state index in [9.17, 15) is 4.79 Å². The van der Waals surface area contributed by atoms with Gasteiger partial charge in [0.1, 0.15) is 6.10 Å². The lowest BCUT2D eigenvalue weighted by molar-refractivity contribution is -0.145. The number of carbonyl (C=O) groups excluding carboxylic acids is 1. The maximum atomic E-state index is 12.9. The van der Waals surface area contributed by atoms with E-state index >= 15 is 0 Å². The normalized spacial score (nSPS) is 34.3. The Morgan fingerprint density at radius 1 is 1.22 bits per heavy atom. The molecule has 1 aliphatic heterocycles. The van der Waals surface area contributed by atoms with E-state index in [1.54, 1.807) is 11.1 Å². The Hall–Kier alpha value is -2.07. The molecule has 170 valence electrons. The third kappa shape index (κ3) is 3.17. The summed E-state index contributed by atoms with van der Waals surface area (Å²) in [6.07, 6.45) is 9.36. The standard InChI is InChI=1S/C28H36N2O2/c1-16-9-10-23-19(12-16)18-7-4-8-24(26(18)30-23)29-15-21-20-13-22-17(2)6-5-11-28(22,3)14-25(20)32-27(21)31/h9-10,12,20-21,24-25,29-30H,4-8,11,13-15H2,1-3H3. The van der Waals surface area contributed by atoms with Gasteiger partial charge in [0.05, 0.1) is 5.92 Å². The van der Waals surface area contributed by atoms with E-state index in [-0.39, 0.29) is 23.4 Å². The van der Waals surface area contributed by atoms with Crippen LogP contribution in [0.5, 0.6) is 0 Å². The summed E-state index contributed by atoms with van der Waals surface area (Å²) < 4.78 is 5.99. The molecule has 1 saturated carbocycles. The van der Waals surface area contributed by atoms with Crippen molar-refractivity contribution in [2.24, 2.45) is 17.3 Å². The molecule has 4 nitrogen and oxygen atoms in total. The van der Waals surface area contributed by atoms with Crippen LogP contribution in [0.25, 0.3) is 10.9 Å². The molecule has 2 N–H and O–H groups in total. The Kier molecular flexibility index (Phi) is 4.80. The van der Waals surface area contributed by atoms with Crippen molar-refractivity contribution in [2.45, 2.75) is 84.3 Å². The van der Waals surface area contributed by atoms with E-state index in [1.807, 2.05) is 0 Å². The minimum absolute atomic E-state index is 0.0243. The van der Waals surface area contributed by atoms with Gasteiger partial charge in [0, 0.05) is 35.1 Å². The fraction of sp³-hybridized carbons (Fsp3) is 0.607. The molecule has 0 bridgehead atoms. The van der Waals surface area contributed by atoms with Crippen LogP contribution in [0, 0.1) is 24.2 Å². The van der Waals surface area contributed by atoms with Crippen molar-refractivity contribution in [3.8, 4) is 0 Å². The Balaban J connectivity index is 1.22. The Bertz CT molecular complexity index is 1110. The minimum atomic E-state index is -0.0243. The van der Waals surface area contributed by atoms with Crippen LogP contribution in [-0.2, 0) is 16.0 Å². The second-order valence-corrected chi connectivity index (χ2v) is 11.2. The number of allylic oxidation sites excluding steroid dienone is 2. The smallest absolute Gasteiger partial charge is 0.310 e. The number of fused-ring (bicyclic) bond motifs is 5. The number of H-pyrrole nitrogens is 1. The summed E-state index contributed by atoms with van der Waals surface area (Å²) in [4.78, 5) is 16.6. The number of rotatable bonds is 3. The SMILES string of the molecule is CC1=C2CC3C(CC2(C)CCC1)OC(=O)C3CNC1CCCc2c1[nH]c1ccc(C)cc21. The quantitative estimate of drug-likeness (QED) is 0.469. The van der Waals surface area contributed by atoms with Crippen molar-refractivity contribution < 1.29 is 9.53 Å². The average Bonchev–Trinajstić information content (AvgIpc) is 3.27. The molecule has 0 radical (unpaired) electrons. The molecular weight excluding hydrogens is 396 g/mol. The third-order valence-corrected chi connectivity index (χ3v) is 9.13. The van der Waals surface area contributed by atoms with Crippen LogP contribution in [0.4, 0.5) is 0 Å². The fourth-order valence-electron chi connectivity index (χ4n) is 7.40. The summed E-state index contributed by atoms with van der Waals surface area (Å²) in [5.41, 5.74) is 8.81. The molecule has 1 saturated heterocycles. The van der Waals surface area contributed by atoms with Crippen LogP contribution in [0.3, 0.4) is 0 Å². The maximum Gasteiger partial charge on any atom is 0.310 e. The van der Waals surface area contributed by atoms with Crippen molar-refractivity contribution in [1.82, 2.24) is 10.3 Å². The van der Waals surface area contributed by atoms with Crippen molar-refractivity contribution in [3.05, 3.63) is 46.2 Å². The number of ether oxygens (including phenoxy) is 1. The molecule has 1 aromatic carbocycles. The zero-order valence-electron chi connectivity index (χ0n) is 19.7. The molecule has 32 heavy (non-hydrogen) atoms. The molecule has 1 aromatic heterocycles. The maximum absolute atomic E-state index is 12.9. The molecule has 5 unspecified atom stereocenters. The van der Waals surface area contributed by atoms with Crippen LogP contribution in [0.2, 0.25) is 0 Å². The van der Waals surface area contributed by atoms with Crippen molar-refractivity contribution in [3.63, 3.8) is 0 Å². The zero-order chi connectivity index (χ0) is 22.0. The zero-order valence-corrected chi connectivity index (χ0v) is 19.7. The number of aromatic amines is 1. The molecule has 0 spiro atoms. The molecule has 4 heteroatoms. The molecule has 2 heterocycles. The molecule has 0 amide bonds. The first-order valence-electron chi connectivity index (χ1n) is 12.7. The van der Waals surface area contributed by atoms with Crippen LogP contribution >= 0.6 is 0 Å². The van der Waals surface area contributed by atoms with Gasteiger partial charge in [-0.05, 0) is 88.3 Å². The summed E-state index contributed by atoms with van der Waals surface area (Å²) in [7, 11) is 0. The van der Waals surface area contributed by atoms with Gasteiger partial charge in [-0.1, -0.05) is 29.7 Å². The number of benzene rings is 1. The fourth-order valence-corrected chi connectivity index (χ4v) is 7.40. The van der Waals surface area contributed by atoms with Gasteiger partial charge in [0.25, 0.3) is 0 Å². The summed E-state index contributed by atoms with van der Waals surface area (Å²) in [6, 6.07) is 6.99. The highest BCUT2D eigenvalue weighted by Crippen LogP contribution is 2.55. The van der Waals surface area contributed by atoms with Gasteiger partial charge in [-0.3, -0.25) is 4.79 Å². The van der Waals surface area contributed by atoms with E-state index in [0.29, 0.717) is 12.0 Å². The predicted octanol–water partition coefficient (Wildman–Crippen LogP) is 5.90. The average molecular weight is 433 g/mol. The van der Waals surface area contributed by atoms with Crippen molar-refractivity contribution in [2.75, 3.05) is 6.54 Å². The Morgan fingerprint density at radius 3 is 2.97 bits per heavy atom. The topological polar surface area (TPSA) is 54.1 Å². The lowest BCUT2D eigenvalue weighted by Gasteiger charge is -2.45. The van der Waals surface area contributed by atoms with E-state index in [0.717, 1.165) is 32.2 Å². The van der Waals surface area contributed by atoms with Crippen molar-refractivity contribution in [1.29, 1.82) is 0 Å². The van der Waals surface area contributed by atoms with Gasteiger partial charge in [-0.25, -0.2) is 0 Å². The molecule has 5 atom stereocenters. The van der Waals surface area contributed by atoms with E-state index in [4.69, 9.17) is 4.74 Å². The first kappa shape index (κ1) is 20.5. The number of hydrogen-bond acceptors (Lipinski definition) is 3. The number of carbonyl (C=O) groups is 1. The molecule has 3 aliphatic carbocycles. The summed E-state index contributed by atoms with van der Waals surface area (Å²) in [6.45, 7) is 7.61. The van der Waals surface area contributed by atoms with Gasteiger partial charge < -0.3 is 15.0 Å². The van der Waals surface area contributed by atoms with Crippen molar-refractivity contribution >= 4 is 16.9 Å². The molecule has 4 aliphatic rings. The largest absolute Gasteiger partial charge is 0.462 e. The first-order valence-corrected chi connectivity index (χ1v) is 12.7. The van der Waals surface area contributed by atoms with Gasteiger partial charge >= 0.3 is 5.97 Å². The number of aromatic nitrogens is 1. The number of aryl methyl sites for hydroxylation is 2. The highest BCUT2D eigenvalue weighted by molar-refractivity contribution is 5.85.